The van der Waals surface area contributed by atoms with Crippen molar-refractivity contribution >= 4 is 29.1 Å². The third-order valence-electron chi connectivity index (χ3n) is 5.68. The summed E-state index contributed by atoms with van der Waals surface area (Å²) in [6.07, 6.45) is -0.282. The highest BCUT2D eigenvalue weighted by atomic mass is 35.5. The third kappa shape index (κ3) is 4.01. The van der Waals surface area contributed by atoms with Gasteiger partial charge in [-0.25, -0.2) is 13.9 Å². The van der Waals surface area contributed by atoms with Gasteiger partial charge in [0.1, 0.15) is 11.6 Å². The monoisotopic (exact) mass is 475 g/mol. The number of carbonyl (C=O) groups is 2. The number of aryl methyl sites for hydroxylation is 2. The van der Waals surface area contributed by atoms with E-state index in [0.29, 0.717) is 35.9 Å². The zero-order chi connectivity index (χ0) is 21.9. The van der Waals surface area contributed by atoms with Crippen molar-refractivity contribution in [2.75, 3.05) is 6.54 Å². The van der Waals surface area contributed by atoms with Crippen molar-refractivity contribution in [3.05, 3.63) is 57.2 Å². The van der Waals surface area contributed by atoms with Gasteiger partial charge in [-0.3, -0.25) is 9.59 Å². The van der Waals surface area contributed by atoms with Gasteiger partial charge in [0, 0.05) is 24.6 Å². The Kier molecular flexibility index (Phi) is 6.65. The molecule has 0 bridgehead atoms. The van der Waals surface area contributed by atoms with Crippen LogP contribution in [0.2, 0.25) is 5.02 Å². The van der Waals surface area contributed by atoms with Crippen molar-refractivity contribution < 1.29 is 18.7 Å². The first kappa shape index (κ1) is 24.4. The highest BCUT2D eigenvalue weighted by Crippen LogP contribution is 2.32. The molecule has 33 heavy (non-hydrogen) atoms. The number of benzene rings is 1. The molecule has 0 unspecified atom stereocenters. The fourth-order valence-electron chi connectivity index (χ4n) is 4.03. The maximum Gasteiger partial charge on any atom is 0.261 e. The van der Waals surface area contributed by atoms with Gasteiger partial charge in [0.15, 0.2) is 11.8 Å². The second-order valence-electron chi connectivity index (χ2n) is 7.75. The van der Waals surface area contributed by atoms with Crippen molar-refractivity contribution in [2.24, 2.45) is 0 Å². The zero-order valence-electron chi connectivity index (χ0n) is 16.9. The summed E-state index contributed by atoms with van der Waals surface area (Å²) >= 11 is 6.29. The summed E-state index contributed by atoms with van der Waals surface area (Å²) < 4.78 is 21.3. The van der Waals surface area contributed by atoms with Crippen LogP contribution in [-0.4, -0.2) is 44.0 Å². The largest absolute Gasteiger partial charge is 0.480 e. The molecule has 4 heterocycles. The predicted molar refractivity (Wildman–Crippen MR) is 123 cm³/mol. The second-order valence-corrected chi connectivity index (χ2v) is 8.12. The number of nitrogens with zero attached hydrogens (tertiary/aromatic N) is 4. The maximum absolute atomic E-state index is 13.9. The molecule has 2 aromatic heterocycles. The second kappa shape index (κ2) is 8.97. The summed E-state index contributed by atoms with van der Waals surface area (Å²) in [5, 5.41) is 7.81. The van der Waals surface area contributed by atoms with Gasteiger partial charge >= 0.3 is 0 Å². The number of aromatic nitrogens is 3. The van der Waals surface area contributed by atoms with Gasteiger partial charge in [-0.1, -0.05) is 26.5 Å². The third-order valence-corrected chi connectivity index (χ3v) is 6.23. The van der Waals surface area contributed by atoms with E-state index in [2.05, 4.69) is 15.4 Å². The molecule has 0 radical (unpaired) electrons. The number of rotatable bonds is 3. The van der Waals surface area contributed by atoms with Crippen molar-refractivity contribution in [3.63, 3.8) is 0 Å². The average Bonchev–Trinajstić information content (AvgIpc) is 3.42. The fourth-order valence-corrected chi connectivity index (χ4v) is 4.16. The average molecular weight is 476 g/mol. The van der Waals surface area contributed by atoms with E-state index in [4.69, 9.17) is 16.3 Å². The minimum Gasteiger partial charge on any atom is -0.480 e. The molecule has 5 rings (SSSR count). The standard InChI is InChI=1S/C21H19ClFN5O3.2CH4/c1-10-18(22)11(2)28-19(25-10)14-8-27(9-15(14)26-28)21(30)13-4-3-12(23)7-17(13)31-16-5-6-24-20(16)29;;/h3-4,7,16H,5-6,8-9H2,1-2H3,(H,24,29);2*1H4/t16-;;/m1../s1. The van der Waals surface area contributed by atoms with Gasteiger partial charge in [-0.15, -0.1) is 0 Å². The number of hydrogen-bond donors (Lipinski definition) is 1. The molecule has 10 heteroatoms. The Labute approximate surface area is 196 Å². The molecular formula is C23H27ClFN5O3. The number of amides is 2. The molecule has 2 amide bonds. The van der Waals surface area contributed by atoms with Crippen LogP contribution >= 0.6 is 11.6 Å². The summed E-state index contributed by atoms with van der Waals surface area (Å²) in [5.41, 5.74) is 3.96. The highest BCUT2D eigenvalue weighted by molar-refractivity contribution is 6.31. The quantitative estimate of drug-likeness (QED) is 0.621. The van der Waals surface area contributed by atoms with Gasteiger partial charge in [0.05, 0.1) is 40.8 Å². The number of hydrogen-bond acceptors (Lipinski definition) is 5. The smallest absolute Gasteiger partial charge is 0.261 e. The first-order valence-corrected chi connectivity index (χ1v) is 10.3. The summed E-state index contributed by atoms with van der Waals surface area (Å²) in [6.45, 7) is 4.78. The zero-order valence-corrected chi connectivity index (χ0v) is 17.7. The lowest BCUT2D eigenvalue weighted by molar-refractivity contribution is -0.124. The van der Waals surface area contributed by atoms with Crippen LogP contribution in [0.15, 0.2) is 18.2 Å². The van der Waals surface area contributed by atoms with Crippen molar-refractivity contribution in [3.8, 4) is 5.75 Å². The molecule has 176 valence electrons. The van der Waals surface area contributed by atoms with E-state index < -0.39 is 11.9 Å². The molecule has 2 aliphatic heterocycles. The van der Waals surface area contributed by atoms with Crippen LogP contribution in [0, 0.1) is 19.7 Å². The first-order valence-electron chi connectivity index (χ1n) is 9.90. The molecule has 1 saturated heterocycles. The molecule has 1 fully saturated rings. The molecule has 8 nitrogen and oxygen atoms in total. The van der Waals surface area contributed by atoms with E-state index in [1.54, 1.807) is 9.42 Å². The van der Waals surface area contributed by atoms with Crippen molar-refractivity contribution in [1.29, 1.82) is 0 Å². The van der Waals surface area contributed by atoms with Gasteiger partial charge in [0.2, 0.25) is 0 Å². The van der Waals surface area contributed by atoms with Crippen LogP contribution < -0.4 is 10.1 Å². The molecule has 0 spiro atoms. The normalized spacial score (nSPS) is 16.8. The number of nitrogens with one attached hydrogen (secondary N) is 1. The molecule has 2 aliphatic rings. The van der Waals surface area contributed by atoms with Crippen molar-refractivity contribution in [1.82, 2.24) is 24.8 Å². The Morgan fingerprint density at radius 3 is 2.73 bits per heavy atom. The minimum atomic E-state index is -0.742. The Morgan fingerprint density at radius 2 is 2.03 bits per heavy atom. The molecule has 1 aromatic carbocycles. The summed E-state index contributed by atoms with van der Waals surface area (Å²) in [4.78, 5) is 31.3. The van der Waals surface area contributed by atoms with Crippen LogP contribution in [-0.2, 0) is 17.9 Å². The number of ether oxygens (including phenoxy) is 1. The van der Waals surface area contributed by atoms with Crippen molar-refractivity contribution in [2.45, 2.75) is 54.3 Å². The highest BCUT2D eigenvalue weighted by Gasteiger charge is 2.33. The predicted octanol–water partition coefficient (Wildman–Crippen LogP) is 3.83. The molecule has 1 atom stereocenters. The molecule has 3 aromatic rings. The van der Waals surface area contributed by atoms with Gasteiger partial charge in [0.25, 0.3) is 11.8 Å². The van der Waals surface area contributed by atoms with Gasteiger partial charge in [-0.2, -0.15) is 5.10 Å². The minimum absolute atomic E-state index is 0. The fraction of sp³-hybridized carbons (Fsp3) is 0.391. The Bertz CT molecular complexity index is 1260. The van der Waals surface area contributed by atoms with E-state index in [9.17, 15) is 14.0 Å². The Balaban J connectivity index is 0.00000153. The van der Waals surface area contributed by atoms with E-state index in [0.717, 1.165) is 23.0 Å². The van der Waals surface area contributed by atoms with E-state index in [1.807, 2.05) is 13.8 Å². The van der Waals surface area contributed by atoms with Crippen LogP contribution in [0.25, 0.3) is 5.65 Å². The van der Waals surface area contributed by atoms with Gasteiger partial charge in [-0.05, 0) is 26.0 Å². The van der Waals surface area contributed by atoms with E-state index >= 15 is 0 Å². The lowest BCUT2D eigenvalue weighted by Crippen LogP contribution is -2.30. The Morgan fingerprint density at radius 1 is 1.27 bits per heavy atom. The Hall–Kier alpha value is -3.20. The van der Waals surface area contributed by atoms with E-state index in [1.165, 1.54) is 12.1 Å². The van der Waals surface area contributed by atoms with E-state index in [-0.39, 0.29) is 44.5 Å². The maximum atomic E-state index is 13.9. The topological polar surface area (TPSA) is 88.8 Å². The van der Waals surface area contributed by atoms with Gasteiger partial charge < -0.3 is 15.0 Å². The summed E-state index contributed by atoms with van der Waals surface area (Å²) in [6, 6.07) is 3.73. The number of fused-ring (bicyclic) bond motifs is 3. The molecule has 0 saturated carbocycles. The lowest BCUT2D eigenvalue weighted by Gasteiger charge is -2.20. The molecule has 0 aliphatic carbocycles. The van der Waals surface area contributed by atoms with Crippen LogP contribution in [0.5, 0.6) is 5.75 Å². The first-order chi connectivity index (χ1) is 14.8. The number of halogens is 2. The van der Waals surface area contributed by atoms with Crippen LogP contribution in [0.3, 0.4) is 0 Å². The number of carbonyl (C=O) groups excluding carboxylic acids is 2. The summed E-state index contributed by atoms with van der Waals surface area (Å²) in [5.74, 6) is -1.08. The molecular weight excluding hydrogens is 449 g/mol. The molecule has 1 N–H and O–H groups in total. The SMILES string of the molecule is C.C.Cc1nc2c3c(nn2c(C)c1Cl)CN(C(=O)c1ccc(F)cc1O[C@@H]1CCNC1=O)C3. The lowest BCUT2D eigenvalue weighted by atomic mass is 10.1. The van der Waals surface area contributed by atoms with Crippen LogP contribution in [0.4, 0.5) is 4.39 Å². The summed E-state index contributed by atoms with van der Waals surface area (Å²) in [7, 11) is 0. The van der Waals surface area contributed by atoms with Crippen LogP contribution in [0.1, 0.15) is 54.3 Å².